The minimum Gasteiger partial charge on any atom is -0.453 e. The molecule has 27 heavy (non-hydrogen) atoms. The van der Waals surface area contributed by atoms with Crippen LogP contribution in [0.2, 0.25) is 0 Å². The molecule has 9 heteroatoms. The molecule has 3 amide bonds. The van der Waals surface area contributed by atoms with E-state index in [9.17, 15) is 9.59 Å². The number of hydrogen-bond acceptors (Lipinski definition) is 6. The molecule has 0 radical (unpaired) electrons. The molecule has 0 unspecified atom stereocenters. The Morgan fingerprint density at radius 2 is 1.63 bits per heavy atom. The van der Waals surface area contributed by atoms with E-state index in [2.05, 4.69) is 35.6 Å². The lowest BCUT2D eigenvalue weighted by molar-refractivity contribution is 0.187. The second-order valence-electron chi connectivity index (χ2n) is 6.10. The number of benzene rings is 1. The van der Waals surface area contributed by atoms with Crippen molar-refractivity contribution < 1.29 is 14.3 Å². The number of methoxy groups -OCH3 is 1. The van der Waals surface area contributed by atoms with E-state index < -0.39 is 6.09 Å². The number of piperidine rings is 1. The van der Waals surface area contributed by atoms with Gasteiger partial charge in [0.2, 0.25) is 5.95 Å². The van der Waals surface area contributed by atoms with Gasteiger partial charge >= 0.3 is 12.1 Å². The molecule has 9 nitrogen and oxygen atoms in total. The summed E-state index contributed by atoms with van der Waals surface area (Å²) in [5.74, 6) is 0.723. The predicted molar refractivity (Wildman–Crippen MR) is 102 cm³/mol. The van der Waals surface area contributed by atoms with Gasteiger partial charge in [0.1, 0.15) is 0 Å². The molecule has 1 aliphatic rings. The predicted octanol–water partition coefficient (Wildman–Crippen LogP) is 2.45. The molecule has 3 N–H and O–H groups in total. The fraction of sp³-hybridized carbons (Fsp3) is 0.333. The summed E-state index contributed by atoms with van der Waals surface area (Å²) < 4.78 is 4.53. The number of amides is 3. The number of rotatable bonds is 4. The quantitative estimate of drug-likeness (QED) is 0.763. The van der Waals surface area contributed by atoms with Gasteiger partial charge in [0.25, 0.3) is 0 Å². The van der Waals surface area contributed by atoms with Gasteiger partial charge in [0, 0.05) is 42.9 Å². The molecule has 2 heterocycles. The van der Waals surface area contributed by atoms with Crippen LogP contribution in [0.4, 0.5) is 26.9 Å². The van der Waals surface area contributed by atoms with Gasteiger partial charge < -0.3 is 20.3 Å². The van der Waals surface area contributed by atoms with E-state index in [1.54, 1.807) is 42.7 Å². The second-order valence-corrected chi connectivity index (χ2v) is 6.10. The third kappa shape index (κ3) is 5.30. The van der Waals surface area contributed by atoms with Crippen molar-refractivity contribution in [1.29, 1.82) is 0 Å². The molecule has 142 valence electrons. The van der Waals surface area contributed by atoms with Gasteiger partial charge in [-0.25, -0.2) is 19.6 Å². The molecule has 1 aromatic carbocycles. The average Bonchev–Trinajstić information content (AvgIpc) is 2.70. The molecule has 3 rings (SSSR count). The number of aromatic nitrogens is 2. The van der Waals surface area contributed by atoms with Crippen molar-refractivity contribution >= 4 is 29.4 Å². The number of hydrogen-bond donors (Lipinski definition) is 3. The molecule has 1 aliphatic heterocycles. The van der Waals surface area contributed by atoms with E-state index in [0.717, 1.165) is 31.9 Å². The highest BCUT2D eigenvalue weighted by atomic mass is 16.5. The maximum absolute atomic E-state index is 12.2. The number of carbonyl (C=O) groups excluding carboxylic acids is 2. The number of carbonyl (C=O) groups is 2. The zero-order valence-corrected chi connectivity index (χ0v) is 15.0. The van der Waals surface area contributed by atoms with Crippen LogP contribution in [-0.4, -0.2) is 48.3 Å². The molecule has 1 fully saturated rings. The first kappa shape index (κ1) is 18.4. The first-order valence-corrected chi connectivity index (χ1v) is 8.68. The van der Waals surface area contributed by atoms with Crippen molar-refractivity contribution in [3.8, 4) is 0 Å². The normalized spacial score (nSPS) is 14.3. The Labute approximate surface area is 157 Å². The minimum absolute atomic E-state index is 0.102. The summed E-state index contributed by atoms with van der Waals surface area (Å²) in [5, 5.41) is 8.33. The number of anilines is 3. The number of nitrogens with zero attached hydrogens (tertiary/aromatic N) is 3. The number of urea groups is 1. The van der Waals surface area contributed by atoms with Crippen LogP contribution in [0.1, 0.15) is 12.8 Å². The van der Waals surface area contributed by atoms with Crippen molar-refractivity contribution in [3.05, 3.63) is 42.7 Å². The Bertz CT molecular complexity index is 760. The van der Waals surface area contributed by atoms with Gasteiger partial charge in [-0.05, 0) is 43.2 Å². The summed E-state index contributed by atoms with van der Waals surface area (Å²) in [6.45, 7) is 1.59. The van der Waals surface area contributed by atoms with Gasteiger partial charge in [0.15, 0.2) is 0 Å². The van der Waals surface area contributed by atoms with Gasteiger partial charge in [-0.15, -0.1) is 0 Å². The molecular formula is C18H22N6O3. The van der Waals surface area contributed by atoms with E-state index in [0.29, 0.717) is 11.4 Å². The van der Waals surface area contributed by atoms with Crippen molar-refractivity contribution in [1.82, 2.24) is 15.3 Å². The Balaban J connectivity index is 1.44. The van der Waals surface area contributed by atoms with Crippen molar-refractivity contribution in [2.45, 2.75) is 18.9 Å². The highest BCUT2D eigenvalue weighted by Gasteiger charge is 2.22. The minimum atomic E-state index is -0.541. The van der Waals surface area contributed by atoms with Crippen LogP contribution in [0, 0.1) is 0 Å². The van der Waals surface area contributed by atoms with Gasteiger partial charge in [-0.1, -0.05) is 0 Å². The highest BCUT2D eigenvalue weighted by Crippen LogP contribution is 2.16. The lowest BCUT2D eigenvalue weighted by Gasteiger charge is -2.32. The lowest BCUT2D eigenvalue weighted by atomic mass is 10.1. The molecule has 0 aliphatic carbocycles. The Hall–Kier alpha value is -3.36. The van der Waals surface area contributed by atoms with Gasteiger partial charge in [-0.3, -0.25) is 5.32 Å². The molecule has 0 atom stereocenters. The van der Waals surface area contributed by atoms with E-state index in [1.165, 1.54) is 7.11 Å². The maximum Gasteiger partial charge on any atom is 0.411 e. The molecule has 0 bridgehead atoms. The summed E-state index contributed by atoms with van der Waals surface area (Å²) >= 11 is 0. The zero-order chi connectivity index (χ0) is 19.1. The molecule has 2 aromatic rings. The fourth-order valence-electron chi connectivity index (χ4n) is 2.84. The van der Waals surface area contributed by atoms with Crippen LogP contribution < -0.4 is 20.9 Å². The maximum atomic E-state index is 12.2. The standard InChI is InChI=1S/C18H22N6O3/c1-27-18(26)23-14-5-3-13(4-6-14)21-17(25)22-15-7-11-24(12-8-15)16-19-9-2-10-20-16/h2-6,9-10,15H,7-8,11-12H2,1H3,(H,23,26)(H2,21,22,25). The molecular weight excluding hydrogens is 348 g/mol. The van der Waals surface area contributed by atoms with Crippen LogP contribution in [0.5, 0.6) is 0 Å². The Kier molecular flexibility index (Phi) is 6.03. The van der Waals surface area contributed by atoms with Crippen LogP contribution in [0.15, 0.2) is 42.7 Å². The summed E-state index contributed by atoms with van der Waals surface area (Å²) in [7, 11) is 1.30. The fourth-order valence-corrected chi connectivity index (χ4v) is 2.84. The van der Waals surface area contributed by atoms with E-state index in [1.807, 2.05) is 0 Å². The van der Waals surface area contributed by atoms with Gasteiger partial charge in [0.05, 0.1) is 7.11 Å². The van der Waals surface area contributed by atoms with Crippen molar-refractivity contribution in [3.63, 3.8) is 0 Å². The highest BCUT2D eigenvalue weighted by molar-refractivity contribution is 5.90. The van der Waals surface area contributed by atoms with Crippen molar-refractivity contribution in [2.24, 2.45) is 0 Å². The summed E-state index contributed by atoms with van der Waals surface area (Å²) in [5.41, 5.74) is 1.22. The zero-order valence-electron chi connectivity index (χ0n) is 15.0. The van der Waals surface area contributed by atoms with Crippen LogP contribution in [-0.2, 0) is 4.74 Å². The third-order valence-corrected chi connectivity index (χ3v) is 4.24. The second kappa shape index (κ2) is 8.84. The van der Waals surface area contributed by atoms with E-state index in [-0.39, 0.29) is 12.1 Å². The summed E-state index contributed by atoms with van der Waals surface area (Å²) in [6, 6.07) is 8.43. The number of nitrogens with one attached hydrogen (secondary N) is 3. The topological polar surface area (TPSA) is 108 Å². The van der Waals surface area contributed by atoms with Crippen LogP contribution >= 0.6 is 0 Å². The Morgan fingerprint density at radius 1 is 1.04 bits per heavy atom. The van der Waals surface area contributed by atoms with E-state index in [4.69, 9.17) is 0 Å². The van der Waals surface area contributed by atoms with Crippen molar-refractivity contribution in [2.75, 3.05) is 35.7 Å². The molecule has 1 saturated heterocycles. The number of ether oxygens (including phenoxy) is 1. The largest absolute Gasteiger partial charge is 0.453 e. The SMILES string of the molecule is COC(=O)Nc1ccc(NC(=O)NC2CCN(c3ncccn3)CC2)cc1. The van der Waals surface area contributed by atoms with Crippen LogP contribution in [0.3, 0.4) is 0 Å². The van der Waals surface area contributed by atoms with Gasteiger partial charge in [-0.2, -0.15) is 0 Å². The molecule has 1 aromatic heterocycles. The lowest BCUT2D eigenvalue weighted by Crippen LogP contribution is -2.46. The molecule has 0 saturated carbocycles. The first-order chi connectivity index (χ1) is 13.1. The monoisotopic (exact) mass is 370 g/mol. The first-order valence-electron chi connectivity index (χ1n) is 8.68. The van der Waals surface area contributed by atoms with Crippen LogP contribution in [0.25, 0.3) is 0 Å². The smallest absolute Gasteiger partial charge is 0.411 e. The summed E-state index contributed by atoms with van der Waals surface area (Å²) in [6.07, 6.45) is 4.57. The third-order valence-electron chi connectivity index (χ3n) is 4.24. The average molecular weight is 370 g/mol. The van der Waals surface area contributed by atoms with E-state index >= 15 is 0 Å². The summed E-state index contributed by atoms with van der Waals surface area (Å²) in [4.78, 5) is 34.0. The molecule has 0 spiro atoms. The Morgan fingerprint density at radius 3 is 2.22 bits per heavy atom.